The van der Waals surface area contributed by atoms with Gasteiger partial charge in [-0.05, 0) is 37.6 Å². The molecule has 3 heterocycles. The summed E-state index contributed by atoms with van der Waals surface area (Å²) in [6, 6.07) is 21.7. The average Bonchev–Trinajstić information content (AvgIpc) is 3.47. The maximum atomic E-state index is 13.7. The molecule has 6 nitrogen and oxygen atoms in total. The summed E-state index contributed by atoms with van der Waals surface area (Å²) in [5.41, 5.74) is 5.74. The molecule has 3 aromatic carbocycles. The number of aryl methyl sites for hydroxylation is 2. The number of nitrogens with zero attached hydrogens (tertiary/aromatic N) is 4. The second-order valence-electron chi connectivity index (χ2n) is 8.65. The van der Waals surface area contributed by atoms with Gasteiger partial charge < -0.3 is 4.90 Å². The Hall–Kier alpha value is -3.62. The van der Waals surface area contributed by atoms with Crippen LogP contribution < -0.4 is 15.0 Å². The minimum Gasteiger partial charge on any atom is -0.303 e. The van der Waals surface area contributed by atoms with E-state index in [0.717, 1.165) is 38.0 Å². The van der Waals surface area contributed by atoms with E-state index in [0.29, 0.717) is 27.4 Å². The van der Waals surface area contributed by atoms with Gasteiger partial charge in [0.1, 0.15) is 4.53 Å². The number of carbonyl (C=O) groups excluding carboxylic acids is 1. The maximum absolute atomic E-state index is 13.7. The van der Waals surface area contributed by atoms with Crippen molar-refractivity contribution in [2.24, 2.45) is 0 Å². The minimum atomic E-state index is -0.331. The van der Waals surface area contributed by atoms with Crippen LogP contribution in [0.5, 0.6) is 0 Å². The molecule has 0 spiro atoms. The Morgan fingerprint density at radius 2 is 1.60 bits per heavy atom. The lowest BCUT2D eigenvalue weighted by Gasteiger charge is -2.17. The smallest absolute Gasteiger partial charge is 0.291 e. The number of benzene rings is 3. The number of amides is 1. The first-order valence-electron chi connectivity index (χ1n) is 11.1. The van der Waals surface area contributed by atoms with Crippen LogP contribution in [0, 0.1) is 13.8 Å². The molecule has 0 unspecified atom stereocenters. The van der Waals surface area contributed by atoms with E-state index >= 15 is 0 Å². The van der Waals surface area contributed by atoms with Crippen LogP contribution in [0.4, 0.5) is 5.69 Å². The summed E-state index contributed by atoms with van der Waals surface area (Å²) < 4.78 is 2.49. The molecule has 0 saturated heterocycles. The van der Waals surface area contributed by atoms with E-state index in [1.165, 1.54) is 15.9 Å². The van der Waals surface area contributed by atoms with E-state index in [9.17, 15) is 9.59 Å². The van der Waals surface area contributed by atoms with Crippen molar-refractivity contribution in [3.8, 4) is 11.4 Å². The Bertz CT molecular complexity index is 1740. The van der Waals surface area contributed by atoms with Crippen LogP contribution in [0.1, 0.15) is 22.3 Å². The maximum Gasteiger partial charge on any atom is 0.291 e. The summed E-state index contributed by atoms with van der Waals surface area (Å²) in [6.07, 6.45) is 0. The number of anilines is 1. The van der Waals surface area contributed by atoms with E-state index in [1.807, 2.05) is 80.6 Å². The monoisotopic (exact) mass is 542 g/mol. The molecule has 0 radical (unpaired) electrons. The number of aromatic nitrogens is 3. The third-order valence-electron chi connectivity index (χ3n) is 6.13. The number of hydrogen-bond donors (Lipinski definition) is 0. The molecule has 5 aromatic rings. The summed E-state index contributed by atoms with van der Waals surface area (Å²) in [5, 5.41) is 4.45. The summed E-state index contributed by atoms with van der Waals surface area (Å²) in [5.74, 6) is 0.297. The van der Waals surface area contributed by atoms with Crippen LogP contribution >= 0.6 is 27.3 Å². The van der Waals surface area contributed by atoms with Gasteiger partial charge in [-0.25, -0.2) is 0 Å². The van der Waals surface area contributed by atoms with Gasteiger partial charge in [0.25, 0.3) is 11.5 Å². The molecule has 0 aliphatic carbocycles. The fraction of sp³-hybridized carbons (Fsp3) is 0.111. The van der Waals surface area contributed by atoms with E-state index in [4.69, 9.17) is 0 Å². The Morgan fingerprint density at radius 3 is 2.29 bits per heavy atom. The normalized spacial score (nSPS) is 14.7. The molecule has 172 valence electrons. The van der Waals surface area contributed by atoms with Gasteiger partial charge in [0.05, 0.1) is 17.8 Å². The molecule has 0 N–H and O–H groups in total. The zero-order chi connectivity index (χ0) is 24.3. The molecular formula is C27H19BrN4O2S. The Morgan fingerprint density at radius 1 is 0.914 bits per heavy atom. The van der Waals surface area contributed by atoms with Gasteiger partial charge in [0, 0.05) is 15.6 Å². The predicted molar refractivity (Wildman–Crippen MR) is 142 cm³/mol. The molecule has 0 fully saturated rings. The third-order valence-corrected chi connectivity index (χ3v) is 7.66. The molecule has 1 aliphatic heterocycles. The van der Waals surface area contributed by atoms with Crippen molar-refractivity contribution in [1.82, 2.24) is 14.6 Å². The molecule has 0 bridgehead atoms. The Kier molecular flexibility index (Phi) is 5.16. The van der Waals surface area contributed by atoms with Gasteiger partial charge in [-0.2, -0.15) is 9.50 Å². The molecule has 0 atom stereocenters. The van der Waals surface area contributed by atoms with E-state index in [-0.39, 0.29) is 11.5 Å². The molecule has 2 aromatic heterocycles. The highest BCUT2D eigenvalue weighted by Gasteiger charge is 2.34. The lowest BCUT2D eigenvalue weighted by molar-refractivity contribution is -0.113. The van der Waals surface area contributed by atoms with Crippen molar-refractivity contribution >= 4 is 49.4 Å². The lowest BCUT2D eigenvalue weighted by atomic mass is 10.1. The zero-order valence-electron chi connectivity index (χ0n) is 18.9. The highest BCUT2D eigenvalue weighted by atomic mass is 79.9. The standard InChI is InChI=1S/C27H19BrN4O2S/c1-15-3-7-17(8-4-15)14-31-21-12-11-19(28)13-20(21)22(25(31)33)23-26(34)32-27(35-23)29-24(30-32)18-9-5-16(2)6-10-18/h3-13H,14H2,1-2H3/b23-22-. The first kappa shape index (κ1) is 21.9. The van der Waals surface area contributed by atoms with Crippen molar-refractivity contribution in [2.45, 2.75) is 20.4 Å². The van der Waals surface area contributed by atoms with Crippen molar-refractivity contribution < 1.29 is 4.79 Å². The summed E-state index contributed by atoms with van der Waals surface area (Å²) >= 11 is 4.72. The second-order valence-corrected chi connectivity index (χ2v) is 10.5. The summed E-state index contributed by atoms with van der Waals surface area (Å²) in [7, 11) is 0. The SMILES string of the molecule is Cc1ccc(CN2C(=O)/C(=c3\sc4nc(-c5ccc(C)cc5)nn4c3=O)c3cc(Br)ccc32)cc1. The first-order valence-corrected chi connectivity index (χ1v) is 12.7. The minimum absolute atomic E-state index is 0.195. The van der Waals surface area contributed by atoms with Crippen LogP contribution in [0.15, 0.2) is 76.0 Å². The van der Waals surface area contributed by atoms with Gasteiger partial charge >= 0.3 is 0 Å². The number of carbonyl (C=O) groups is 1. The fourth-order valence-electron chi connectivity index (χ4n) is 4.27. The number of thiazole rings is 1. The quantitative estimate of drug-likeness (QED) is 0.332. The first-order chi connectivity index (χ1) is 16.9. The molecule has 1 aliphatic rings. The van der Waals surface area contributed by atoms with Gasteiger partial charge in [0.15, 0.2) is 5.82 Å². The highest BCUT2D eigenvalue weighted by molar-refractivity contribution is 9.10. The molecule has 8 heteroatoms. The topological polar surface area (TPSA) is 67.6 Å². The largest absolute Gasteiger partial charge is 0.303 e. The van der Waals surface area contributed by atoms with Crippen LogP contribution in [0.2, 0.25) is 0 Å². The highest BCUT2D eigenvalue weighted by Crippen LogP contribution is 2.38. The molecule has 1 amide bonds. The third kappa shape index (κ3) is 3.69. The van der Waals surface area contributed by atoms with Gasteiger partial charge in [-0.1, -0.05) is 86.9 Å². The molecule has 0 saturated carbocycles. The van der Waals surface area contributed by atoms with E-state index in [1.54, 1.807) is 4.90 Å². The van der Waals surface area contributed by atoms with Crippen molar-refractivity contribution in [2.75, 3.05) is 4.90 Å². The fourth-order valence-corrected chi connectivity index (χ4v) is 5.63. The van der Waals surface area contributed by atoms with Crippen molar-refractivity contribution in [3.63, 3.8) is 0 Å². The molecule has 6 rings (SSSR count). The average molecular weight is 543 g/mol. The van der Waals surface area contributed by atoms with Crippen LogP contribution in [0.3, 0.4) is 0 Å². The zero-order valence-corrected chi connectivity index (χ0v) is 21.4. The van der Waals surface area contributed by atoms with Gasteiger partial charge in [-0.3, -0.25) is 9.59 Å². The second kappa shape index (κ2) is 8.25. The predicted octanol–water partition coefficient (Wildman–Crippen LogP) is 4.66. The number of rotatable bonds is 3. The van der Waals surface area contributed by atoms with Crippen molar-refractivity contribution in [1.29, 1.82) is 0 Å². The Labute approximate surface area is 213 Å². The molecular weight excluding hydrogens is 524 g/mol. The van der Waals surface area contributed by atoms with Crippen LogP contribution in [-0.2, 0) is 11.3 Å². The van der Waals surface area contributed by atoms with E-state index in [2.05, 4.69) is 26.0 Å². The molecule has 35 heavy (non-hydrogen) atoms. The summed E-state index contributed by atoms with van der Waals surface area (Å²) in [6.45, 7) is 4.47. The van der Waals surface area contributed by atoms with Crippen LogP contribution in [-0.4, -0.2) is 20.5 Å². The summed E-state index contributed by atoms with van der Waals surface area (Å²) in [4.78, 5) is 33.9. The lowest BCUT2D eigenvalue weighted by Crippen LogP contribution is -2.32. The Balaban J connectivity index is 1.50. The van der Waals surface area contributed by atoms with Crippen molar-refractivity contribution in [3.05, 3.63) is 108 Å². The number of fused-ring (bicyclic) bond motifs is 2. The number of hydrogen-bond acceptors (Lipinski definition) is 5. The number of halogens is 1. The van der Waals surface area contributed by atoms with Crippen LogP contribution in [0.25, 0.3) is 21.9 Å². The van der Waals surface area contributed by atoms with Gasteiger partial charge in [0.2, 0.25) is 4.96 Å². The van der Waals surface area contributed by atoms with E-state index < -0.39 is 0 Å². The van der Waals surface area contributed by atoms with Gasteiger partial charge in [-0.15, -0.1) is 5.10 Å².